The Morgan fingerprint density at radius 1 is 0.382 bits per heavy atom. The summed E-state index contributed by atoms with van der Waals surface area (Å²) in [6.45, 7) is 0. The lowest BCUT2D eigenvalue weighted by atomic mass is 9.63. The van der Waals surface area contributed by atoms with E-state index in [1.807, 2.05) is 11.8 Å². The minimum absolute atomic E-state index is 0.430. The molecule has 34 heavy (non-hydrogen) atoms. The van der Waals surface area contributed by atoms with Crippen LogP contribution in [-0.2, 0) is 5.41 Å². The fraction of sp³-hybridized carbons (Fsp3) is 0.0303. The van der Waals surface area contributed by atoms with Crippen LogP contribution in [0.3, 0.4) is 0 Å². The Labute approximate surface area is 203 Å². The Morgan fingerprint density at radius 2 is 0.794 bits per heavy atom. The second kappa shape index (κ2) is 7.62. The number of fused-ring (bicyclic) bond motifs is 6. The Hall–Kier alpha value is -3.81. The molecule has 6 aromatic carbocycles. The zero-order chi connectivity index (χ0) is 22.5. The quantitative estimate of drug-likeness (QED) is 0.253. The van der Waals surface area contributed by atoms with Gasteiger partial charge in [-0.1, -0.05) is 133 Å². The fourth-order valence-corrected chi connectivity index (χ4v) is 7.05. The Bertz CT molecular complexity index is 1540. The SMILES string of the molecule is c1ccc(C2(c3ccccc3)c3c(ccc4ccccc34)Sc3ccc4ccccc4c32)cc1. The number of benzene rings is 6. The van der Waals surface area contributed by atoms with Gasteiger partial charge in [0, 0.05) is 9.79 Å². The summed E-state index contributed by atoms with van der Waals surface area (Å²) in [7, 11) is 0. The molecule has 0 spiro atoms. The van der Waals surface area contributed by atoms with Gasteiger partial charge in [0.05, 0.1) is 5.41 Å². The van der Waals surface area contributed by atoms with E-state index < -0.39 is 5.41 Å². The summed E-state index contributed by atoms with van der Waals surface area (Å²) in [6, 6.07) is 49.0. The summed E-state index contributed by atoms with van der Waals surface area (Å²) in [5, 5.41) is 5.20. The molecule has 0 nitrogen and oxygen atoms in total. The van der Waals surface area contributed by atoms with Gasteiger partial charge in [-0.25, -0.2) is 0 Å². The van der Waals surface area contributed by atoms with Crippen LogP contribution in [0.2, 0.25) is 0 Å². The van der Waals surface area contributed by atoms with Crippen molar-refractivity contribution in [1.82, 2.24) is 0 Å². The molecule has 0 atom stereocenters. The molecule has 0 fully saturated rings. The highest BCUT2D eigenvalue weighted by atomic mass is 32.2. The van der Waals surface area contributed by atoms with Gasteiger partial charge in [-0.05, 0) is 55.9 Å². The molecule has 0 saturated heterocycles. The van der Waals surface area contributed by atoms with E-state index in [4.69, 9.17) is 0 Å². The highest BCUT2D eigenvalue weighted by molar-refractivity contribution is 7.99. The second-order valence-electron chi connectivity index (χ2n) is 8.90. The van der Waals surface area contributed by atoms with Gasteiger partial charge in [-0.2, -0.15) is 0 Å². The summed E-state index contributed by atoms with van der Waals surface area (Å²) < 4.78 is 0. The molecule has 0 bridgehead atoms. The van der Waals surface area contributed by atoms with E-state index in [-0.39, 0.29) is 0 Å². The molecule has 6 aromatic rings. The van der Waals surface area contributed by atoms with Gasteiger partial charge in [0.2, 0.25) is 0 Å². The standard InChI is InChI=1S/C33H22S/c1-3-13-25(14-4-1)33(26-15-5-2-6-16-26)31-27-17-9-7-11-23(27)19-21-29(31)34-30-22-20-24-12-8-10-18-28(24)32(30)33/h1-22H. The van der Waals surface area contributed by atoms with Gasteiger partial charge in [0.15, 0.2) is 0 Å². The first-order valence-electron chi connectivity index (χ1n) is 11.7. The normalized spacial score (nSPS) is 14.0. The van der Waals surface area contributed by atoms with Crippen LogP contribution in [0.5, 0.6) is 0 Å². The molecule has 1 heterocycles. The maximum absolute atomic E-state index is 2.32. The predicted octanol–water partition coefficient (Wildman–Crippen LogP) is 8.84. The van der Waals surface area contributed by atoms with Crippen molar-refractivity contribution in [3.8, 4) is 0 Å². The van der Waals surface area contributed by atoms with Crippen molar-refractivity contribution in [3.05, 3.63) is 156 Å². The van der Waals surface area contributed by atoms with E-state index in [0.717, 1.165) is 0 Å². The van der Waals surface area contributed by atoms with Crippen molar-refractivity contribution in [2.45, 2.75) is 15.2 Å². The predicted molar refractivity (Wildman–Crippen MR) is 144 cm³/mol. The largest absolute Gasteiger partial charge is 0.0894 e. The smallest absolute Gasteiger partial charge is 0.0735 e. The average molecular weight is 451 g/mol. The average Bonchev–Trinajstić information content (AvgIpc) is 2.92. The molecule has 0 unspecified atom stereocenters. The zero-order valence-electron chi connectivity index (χ0n) is 18.6. The maximum Gasteiger partial charge on any atom is 0.0735 e. The van der Waals surface area contributed by atoms with E-state index in [1.54, 1.807) is 0 Å². The number of rotatable bonds is 2. The van der Waals surface area contributed by atoms with Gasteiger partial charge in [-0.15, -0.1) is 0 Å². The summed E-state index contributed by atoms with van der Waals surface area (Å²) in [5.74, 6) is 0. The van der Waals surface area contributed by atoms with E-state index in [1.165, 1.54) is 53.6 Å². The molecular formula is C33H22S. The highest BCUT2D eigenvalue weighted by Crippen LogP contribution is 2.59. The molecule has 0 radical (unpaired) electrons. The minimum Gasteiger partial charge on any atom is -0.0894 e. The molecule has 1 aliphatic rings. The molecule has 0 N–H and O–H groups in total. The third kappa shape index (κ3) is 2.68. The van der Waals surface area contributed by atoms with E-state index >= 15 is 0 Å². The fourth-order valence-electron chi connectivity index (χ4n) is 5.81. The molecule has 0 aliphatic carbocycles. The van der Waals surface area contributed by atoms with Crippen molar-refractivity contribution in [1.29, 1.82) is 0 Å². The maximum atomic E-state index is 2.32. The zero-order valence-corrected chi connectivity index (χ0v) is 19.4. The van der Waals surface area contributed by atoms with Crippen LogP contribution in [0, 0.1) is 0 Å². The van der Waals surface area contributed by atoms with Gasteiger partial charge in [0.25, 0.3) is 0 Å². The summed E-state index contributed by atoms with van der Waals surface area (Å²) in [5.41, 5.74) is 4.95. The van der Waals surface area contributed by atoms with Crippen LogP contribution in [0.4, 0.5) is 0 Å². The van der Waals surface area contributed by atoms with E-state index in [0.29, 0.717) is 0 Å². The van der Waals surface area contributed by atoms with Gasteiger partial charge < -0.3 is 0 Å². The lowest BCUT2D eigenvalue weighted by Gasteiger charge is -2.43. The molecule has 1 aliphatic heterocycles. The minimum atomic E-state index is -0.430. The first kappa shape index (κ1) is 19.6. The van der Waals surface area contributed by atoms with Crippen LogP contribution in [0.15, 0.2) is 143 Å². The summed E-state index contributed by atoms with van der Waals surface area (Å²) >= 11 is 1.90. The molecule has 1 heteroatoms. The van der Waals surface area contributed by atoms with Gasteiger partial charge in [0.1, 0.15) is 0 Å². The van der Waals surface area contributed by atoms with Gasteiger partial charge in [-0.3, -0.25) is 0 Å². The van der Waals surface area contributed by atoms with Crippen LogP contribution < -0.4 is 0 Å². The number of hydrogen-bond donors (Lipinski definition) is 0. The van der Waals surface area contributed by atoms with Crippen molar-refractivity contribution < 1.29 is 0 Å². The van der Waals surface area contributed by atoms with E-state index in [2.05, 4.69) is 133 Å². The summed E-state index contributed by atoms with van der Waals surface area (Å²) in [4.78, 5) is 2.66. The Kier molecular flexibility index (Phi) is 4.40. The number of hydrogen-bond acceptors (Lipinski definition) is 1. The van der Waals surface area contributed by atoms with Crippen LogP contribution in [0.1, 0.15) is 22.3 Å². The van der Waals surface area contributed by atoms with Crippen LogP contribution in [0.25, 0.3) is 21.5 Å². The van der Waals surface area contributed by atoms with E-state index in [9.17, 15) is 0 Å². The third-order valence-corrected chi connectivity index (χ3v) is 8.29. The molecule has 0 aromatic heterocycles. The summed E-state index contributed by atoms with van der Waals surface area (Å²) in [6.07, 6.45) is 0. The topological polar surface area (TPSA) is 0 Å². The lowest BCUT2D eigenvalue weighted by molar-refractivity contribution is 0.718. The van der Waals surface area contributed by atoms with Crippen molar-refractivity contribution in [2.24, 2.45) is 0 Å². The molecule has 160 valence electrons. The molecule has 7 rings (SSSR count). The molecular weight excluding hydrogens is 428 g/mol. The van der Waals surface area contributed by atoms with Crippen LogP contribution in [-0.4, -0.2) is 0 Å². The second-order valence-corrected chi connectivity index (χ2v) is 9.99. The Morgan fingerprint density at radius 3 is 1.26 bits per heavy atom. The van der Waals surface area contributed by atoms with Gasteiger partial charge >= 0.3 is 0 Å². The Balaban J connectivity index is 1.78. The molecule has 0 saturated carbocycles. The first-order chi connectivity index (χ1) is 16.9. The van der Waals surface area contributed by atoms with Crippen molar-refractivity contribution in [3.63, 3.8) is 0 Å². The third-order valence-electron chi connectivity index (χ3n) is 7.17. The highest BCUT2D eigenvalue weighted by Gasteiger charge is 2.46. The van der Waals surface area contributed by atoms with Crippen LogP contribution >= 0.6 is 11.8 Å². The first-order valence-corrected chi connectivity index (χ1v) is 12.5. The lowest BCUT2D eigenvalue weighted by Crippen LogP contribution is -2.34. The molecule has 0 amide bonds. The van der Waals surface area contributed by atoms with Crippen molar-refractivity contribution >= 4 is 33.3 Å². The monoisotopic (exact) mass is 450 g/mol. The van der Waals surface area contributed by atoms with Crippen molar-refractivity contribution in [2.75, 3.05) is 0 Å².